The van der Waals surface area contributed by atoms with E-state index in [9.17, 15) is 15.2 Å². The van der Waals surface area contributed by atoms with E-state index in [-0.39, 0.29) is 5.69 Å². The van der Waals surface area contributed by atoms with Crippen molar-refractivity contribution in [3.63, 3.8) is 0 Å². The number of anilines is 1. The number of nitrogens with zero attached hydrogens (tertiary/aromatic N) is 3. The molecule has 0 aliphatic rings. The summed E-state index contributed by atoms with van der Waals surface area (Å²) in [5.74, 6) is 0. The zero-order chi connectivity index (χ0) is 15.8. The van der Waals surface area contributed by atoms with E-state index in [0.717, 1.165) is 11.4 Å². The van der Waals surface area contributed by atoms with Crippen molar-refractivity contribution in [3.8, 4) is 0 Å². The van der Waals surface area contributed by atoms with Crippen LogP contribution in [0.5, 0.6) is 0 Å². The van der Waals surface area contributed by atoms with Gasteiger partial charge in [-0.15, -0.1) is 0 Å². The van der Waals surface area contributed by atoms with Crippen molar-refractivity contribution in [3.05, 3.63) is 40.1 Å². The number of benzene rings is 1. The van der Waals surface area contributed by atoms with Crippen LogP contribution in [0, 0.1) is 17.0 Å². The first-order valence-corrected chi connectivity index (χ1v) is 6.67. The second-order valence-corrected chi connectivity index (χ2v) is 5.91. The highest BCUT2D eigenvalue weighted by Gasteiger charge is 2.19. The molecule has 2 rings (SSSR count). The van der Waals surface area contributed by atoms with Gasteiger partial charge in [0.25, 0.3) is 5.69 Å². The molecule has 0 aliphatic carbocycles. The van der Waals surface area contributed by atoms with Crippen molar-refractivity contribution < 1.29 is 10.0 Å². The summed E-state index contributed by atoms with van der Waals surface area (Å²) in [4.78, 5) is 16.8. The maximum Gasteiger partial charge on any atom is 0.270 e. The lowest BCUT2D eigenvalue weighted by Gasteiger charge is -2.28. The lowest BCUT2D eigenvalue weighted by Crippen LogP contribution is -2.36. The second kappa shape index (κ2) is 5.29. The molecule has 0 amide bonds. The summed E-state index contributed by atoms with van der Waals surface area (Å²) in [5.41, 5.74) is 1.53. The van der Waals surface area contributed by atoms with Crippen molar-refractivity contribution >= 4 is 22.3 Å². The molecule has 0 fully saturated rings. The van der Waals surface area contributed by atoms with Crippen LogP contribution >= 0.6 is 0 Å². The van der Waals surface area contributed by atoms with Crippen molar-refractivity contribution in [2.75, 3.05) is 18.5 Å². The molecule has 1 heterocycles. The Bertz CT molecular complexity index is 692. The number of non-ortho nitro benzene ring substituents is 1. The molecular weight excluding hydrogens is 270 g/mol. The highest BCUT2D eigenvalue weighted by atomic mass is 16.6. The van der Waals surface area contributed by atoms with E-state index in [1.807, 2.05) is 24.9 Å². The average Bonchev–Trinajstić information content (AvgIpc) is 2.34. The number of nitro benzene ring substituents is 1. The van der Waals surface area contributed by atoms with Gasteiger partial charge in [0.2, 0.25) is 0 Å². The van der Waals surface area contributed by atoms with Gasteiger partial charge in [-0.3, -0.25) is 15.1 Å². The predicted molar refractivity (Wildman–Crippen MR) is 82.7 cm³/mol. The third kappa shape index (κ3) is 3.46. The van der Waals surface area contributed by atoms with Crippen LogP contribution in [0.4, 0.5) is 11.4 Å². The smallest absolute Gasteiger partial charge is 0.270 e. The third-order valence-electron chi connectivity index (χ3n) is 3.14. The Morgan fingerprint density at radius 3 is 2.62 bits per heavy atom. The van der Waals surface area contributed by atoms with Crippen molar-refractivity contribution in [1.29, 1.82) is 0 Å². The molecule has 2 aromatic rings. The van der Waals surface area contributed by atoms with Gasteiger partial charge in [0.05, 0.1) is 16.0 Å². The first-order valence-electron chi connectivity index (χ1n) is 6.67. The molecule has 0 atom stereocenters. The van der Waals surface area contributed by atoms with Gasteiger partial charge < -0.3 is 10.0 Å². The number of likely N-dealkylation sites (N-methyl/N-ethyl adjacent to an activating group) is 1. The molecule has 6 heteroatoms. The minimum atomic E-state index is -0.862. The fourth-order valence-electron chi connectivity index (χ4n) is 2.42. The summed E-state index contributed by atoms with van der Waals surface area (Å²) in [6.45, 7) is 5.74. The minimum Gasteiger partial charge on any atom is -0.389 e. The van der Waals surface area contributed by atoms with Crippen molar-refractivity contribution in [1.82, 2.24) is 4.98 Å². The van der Waals surface area contributed by atoms with E-state index in [4.69, 9.17) is 0 Å². The summed E-state index contributed by atoms with van der Waals surface area (Å²) in [6.07, 6.45) is 0. The van der Waals surface area contributed by atoms with E-state index < -0.39 is 10.5 Å². The Morgan fingerprint density at radius 2 is 2.05 bits per heavy atom. The van der Waals surface area contributed by atoms with E-state index in [1.165, 1.54) is 12.1 Å². The van der Waals surface area contributed by atoms with Gasteiger partial charge in [-0.05, 0) is 32.9 Å². The van der Waals surface area contributed by atoms with Crippen LogP contribution in [0.3, 0.4) is 0 Å². The molecule has 1 N–H and O–H groups in total. The minimum absolute atomic E-state index is 0.0334. The van der Waals surface area contributed by atoms with E-state index in [2.05, 4.69) is 4.98 Å². The van der Waals surface area contributed by atoms with Crippen LogP contribution < -0.4 is 4.90 Å². The lowest BCUT2D eigenvalue weighted by atomic mass is 10.1. The van der Waals surface area contributed by atoms with Crippen LogP contribution in [0.2, 0.25) is 0 Å². The highest BCUT2D eigenvalue weighted by molar-refractivity contribution is 5.93. The number of rotatable bonds is 4. The maximum atomic E-state index is 11.0. The Kier molecular flexibility index (Phi) is 3.82. The Labute approximate surface area is 123 Å². The summed E-state index contributed by atoms with van der Waals surface area (Å²) in [5, 5.41) is 21.6. The molecule has 0 saturated heterocycles. The predicted octanol–water partition coefficient (Wildman–Crippen LogP) is 2.66. The number of aliphatic hydroxyl groups is 1. The molecule has 0 unspecified atom stereocenters. The fraction of sp³-hybridized carbons (Fsp3) is 0.400. The Hall–Kier alpha value is -2.21. The van der Waals surface area contributed by atoms with Crippen LogP contribution in [-0.4, -0.2) is 34.2 Å². The number of fused-ring (bicyclic) bond motifs is 1. The summed E-state index contributed by atoms with van der Waals surface area (Å²) >= 11 is 0. The molecule has 1 aromatic heterocycles. The Balaban J connectivity index is 2.60. The van der Waals surface area contributed by atoms with Gasteiger partial charge in [0, 0.05) is 42.5 Å². The molecule has 0 bridgehead atoms. The summed E-state index contributed by atoms with van der Waals surface area (Å²) < 4.78 is 0. The normalized spacial score (nSPS) is 11.7. The molecule has 0 spiro atoms. The van der Waals surface area contributed by atoms with Crippen molar-refractivity contribution in [2.24, 2.45) is 0 Å². The largest absolute Gasteiger partial charge is 0.389 e. The number of pyridine rings is 1. The fourth-order valence-corrected chi connectivity index (χ4v) is 2.42. The monoisotopic (exact) mass is 289 g/mol. The second-order valence-electron chi connectivity index (χ2n) is 5.91. The van der Waals surface area contributed by atoms with Gasteiger partial charge in [-0.2, -0.15) is 0 Å². The van der Waals surface area contributed by atoms with E-state index in [0.29, 0.717) is 17.4 Å². The van der Waals surface area contributed by atoms with Gasteiger partial charge in [-0.25, -0.2) is 0 Å². The quantitative estimate of drug-likeness (QED) is 0.691. The molecule has 0 radical (unpaired) electrons. The van der Waals surface area contributed by atoms with Gasteiger partial charge >= 0.3 is 0 Å². The molecule has 112 valence electrons. The van der Waals surface area contributed by atoms with Crippen LogP contribution in [0.1, 0.15) is 19.5 Å². The molecular formula is C15H19N3O3. The lowest BCUT2D eigenvalue weighted by molar-refractivity contribution is -0.384. The molecule has 0 aliphatic heterocycles. The SMILES string of the molecule is Cc1cc(N(C)CC(C)(C)O)c2cc([N+](=O)[O-])ccc2n1. The number of hydrogen-bond acceptors (Lipinski definition) is 5. The summed E-state index contributed by atoms with van der Waals surface area (Å²) in [7, 11) is 1.85. The zero-order valence-corrected chi connectivity index (χ0v) is 12.6. The summed E-state index contributed by atoms with van der Waals surface area (Å²) in [6, 6.07) is 6.51. The van der Waals surface area contributed by atoms with Gasteiger partial charge in [0.1, 0.15) is 0 Å². The van der Waals surface area contributed by atoms with Crippen LogP contribution in [0.15, 0.2) is 24.3 Å². The topological polar surface area (TPSA) is 79.5 Å². The number of aromatic nitrogens is 1. The van der Waals surface area contributed by atoms with Crippen LogP contribution in [-0.2, 0) is 0 Å². The first kappa shape index (κ1) is 15.2. The van der Waals surface area contributed by atoms with Gasteiger partial charge in [-0.1, -0.05) is 0 Å². The third-order valence-corrected chi connectivity index (χ3v) is 3.14. The number of aryl methyl sites for hydroxylation is 1. The van der Waals surface area contributed by atoms with Gasteiger partial charge in [0.15, 0.2) is 0 Å². The average molecular weight is 289 g/mol. The number of hydrogen-bond donors (Lipinski definition) is 1. The van der Waals surface area contributed by atoms with E-state index >= 15 is 0 Å². The highest BCUT2D eigenvalue weighted by Crippen LogP contribution is 2.30. The molecule has 1 aromatic carbocycles. The molecule has 6 nitrogen and oxygen atoms in total. The number of nitro groups is 1. The molecule has 21 heavy (non-hydrogen) atoms. The standard InChI is InChI=1S/C15H19N3O3/c1-10-7-14(17(4)9-15(2,3)19)12-8-11(18(20)21)5-6-13(12)16-10/h5-8,19H,9H2,1-4H3. The zero-order valence-electron chi connectivity index (χ0n) is 12.6. The molecule has 0 saturated carbocycles. The van der Waals surface area contributed by atoms with E-state index in [1.54, 1.807) is 19.9 Å². The first-order chi connectivity index (χ1) is 9.67. The van der Waals surface area contributed by atoms with Crippen LogP contribution in [0.25, 0.3) is 10.9 Å². The van der Waals surface area contributed by atoms with Crippen molar-refractivity contribution in [2.45, 2.75) is 26.4 Å². The Morgan fingerprint density at radius 1 is 1.38 bits per heavy atom. The maximum absolute atomic E-state index is 11.0.